The standard InChI is InChI=1S/C51H31N3O2/c1-4-13-32(14-5-1)33-23-25-36(26-24-33)50-52-49(35-17-8-3-9-18-35)53-51(54-50)37-27-28-39-40-20-12-21-41(47(40)56-45(39)31-37)42-30-29-38(34-15-6-2-7-16-34)46-43-19-10-11-22-44(43)55-48(42)46/h1-31H. The van der Waals surface area contributed by atoms with Crippen LogP contribution in [-0.2, 0) is 0 Å². The summed E-state index contributed by atoms with van der Waals surface area (Å²) in [6.07, 6.45) is 0. The molecule has 0 unspecified atom stereocenters. The molecule has 5 heteroatoms. The summed E-state index contributed by atoms with van der Waals surface area (Å²) in [5, 5.41) is 4.22. The Morgan fingerprint density at radius 1 is 0.286 bits per heavy atom. The van der Waals surface area contributed by atoms with Crippen LogP contribution < -0.4 is 0 Å². The maximum absolute atomic E-state index is 6.81. The monoisotopic (exact) mass is 717 g/mol. The van der Waals surface area contributed by atoms with Crippen molar-refractivity contribution in [1.82, 2.24) is 15.0 Å². The van der Waals surface area contributed by atoms with E-state index in [9.17, 15) is 0 Å². The number of fused-ring (bicyclic) bond motifs is 6. The molecule has 8 aromatic carbocycles. The fourth-order valence-electron chi connectivity index (χ4n) is 7.84. The number of benzene rings is 8. The van der Waals surface area contributed by atoms with E-state index in [1.54, 1.807) is 0 Å². The van der Waals surface area contributed by atoms with Gasteiger partial charge < -0.3 is 8.83 Å². The van der Waals surface area contributed by atoms with Gasteiger partial charge in [-0.05, 0) is 46.5 Å². The summed E-state index contributed by atoms with van der Waals surface area (Å²) in [7, 11) is 0. The molecule has 5 nitrogen and oxygen atoms in total. The highest BCUT2D eigenvalue weighted by Crippen LogP contribution is 2.45. The average molecular weight is 718 g/mol. The molecular formula is C51H31N3O2. The zero-order valence-corrected chi connectivity index (χ0v) is 30.1. The molecule has 3 heterocycles. The number of aromatic nitrogens is 3. The molecular weight excluding hydrogens is 687 g/mol. The van der Waals surface area contributed by atoms with E-state index in [1.807, 2.05) is 60.7 Å². The van der Waals surface area contributed by atoms with E-state index in [0.29, 0.717) is 17.5 Å². The Morgan fingerprint density at radius 2 is 0.786 bits per heavy atom. The summed E-state index contributed by atoms with van der Waals surface area (Å²) in [4.78, 5) is 15.0. The Balaban J connectivity index is 1.05. The van der Waals surface area contributed by atoms with Gasteiger partial charge >= 0.3 is 0 Å². The number of hydrogen-bond acceptors (Lipinski definition) is 5. The lowest BCUT2D eigenvalue weighted by atomic mass is 9.94. The molecule has 0 spiro atoms. The van der Waals surface area contributed by atoms with Gasteiger partial charge in [-0.15, -0.1) is 0 Å². The summed E-state index contributed by atoms with van der Waals surface area (Å²) < 4.78 is 13.5. The normalized spacial score (nSPS) is 11.6. The first kappa shape index (κ1) is 31.9. The zero-order chi connectivity index (χ0) is 37.0. The second kappa shape index (κ2) is 13.0. The summed E-state index contributed by atoms with van der Waals surface area (Å²) in [5.74, 6) is 1.79. The highest BCUT2D eigenvalue weighted by molar-refractivity contribution is 6.19. The fraction of sp³-hybridized carbons (Fsp3) is 0. The third-order valence-corrected chi connectivity index (χ3v) is 10.6. The van der Waals surface area contributed by atoms with Crippen LogP contribution in [0.5, 0.6) is 0 Å². The molecule has 0 aliphatic rings. The second-order valence-electron chi connectivity index (χ2n) is 13.9. The lowest BCUT2D eigenvalue weighted by Crippen LogP contribution is -2.00. The maximum atomic E-state index is 6.81. The predicted octanol–water partition coefficient (Wildman–Crippen LogP) is 13.7. The van der Waals surface area contributed by atoms with Crippen LogP contribution in [0.25, 0.3) is 111 Å². The average Bonchev–Trinajstić information content (AvgIpc) is 3.86. The van der Waals surface area contributed by atoms with E-state index in [4.69, 9.17) is 23.8 Å². The van der Waals surface area contributed by atoms with Crippen LogP contribution in [0.15, 0.2) is 197 Å². The number of hydrogen-bond donors (Lipinski definition) is 0. The summed E-state index contributed by atoms with van der Waals surface area (Å²) in [6, 6.07) is 64.4. The van der Waals surface area contributed by atoms with Gasteiger partial charge in [0.15, 0.2) is 17.5 Å². The second-order valence-corrected chi connectivity index (χ2v) is 13.9. The highest BCUT2D eigenvalue weighted by Gasteiger charge is 2.21. The minimum atomic E-state index is 0.573. The molecule has 0 fully saturated rings. The van der Waals surface area contributed by atoms with Crippen LogP contribution in [0.3, 0.4) is 0 Å². The van der Waals surface area contributed by atoms with Crippen LogP contribution in [-0.4, -0.2) is 15.0 Å². The molecule has 0 radical (unpaired) electrons. The lowest BCUT2D eigenvalue weighted by Gasteiger charge is -2.09. The first-order valence-corrected chi connectivity index (χ1v) is 18.7. The first-order valence-electron chi connectivity index (χ1n) is 18.7. The predicted molar refractivity (Wildman–Crippen MR) is 227 cm³/mol. The number of para-hydroxylation sites is 2. The molecule has 11 rings (SSSR count). The first-order chi connectivity index (χ1) is 27.7. The van der Waals surface area contributed by atoms with E-state index in [2.05, 4.69) is 127 Å². The number of rotatable bonds is 6. The topological polar surface area (TPSA) is 65.0 Å². The smallest absolute Gasteiger partial charge is 0.164 e. The maximum Gasteiger partial charge on any atom is 0.164 e. The third-order valence-electron chi connectivity index (χ3n) is 10.6. The van der Waals surface area contributed by atoms with Crippen molar-refractivity contribution in [3.63, 3.8) is 0 Å². The largest absolute Gasteiger partial charge is 0.455 e. The van der Waals surface area contributed by atoms with Crippen molar-refractivity contribution in [1.29, 1.82) is 0 Å². The van der Waals surface area contributed by atoms with Crippen molar-refractivity contribution >= 4 is 43.9 Å². The van der Waals surface area contributed by atoms with Gasteiger partial charge in [-0.25, -0.2) is 15.0 Å². The van der Waals surface area contributed by atoms with Crippen molar-refractivity contribution in [2.75, 3.05) is 0 Å². The van der Waals surface area contributed by atoms with Crippen LogP contribution in [0.4, 0.5) is 0 Å². The van der Waals surface area contributed by atoms with E-state index >= 15 is 0 Å². The van der Waals surface area contributed by atoms with Gasteiger partial charge in [-0.1, -0.05) is 164 Å². The molecule has 0 amide bonds. The van der Waals surface area contributed by atoms with Crippen molar-refractivity contribution in [2.24, 2.45) is 0 Å². The molecule has 0 bridgehead atoms. The van der Waals surface area contributed by atoms with Gasteiger partial charge in [0, 0.05) is 49.4 Å². The summed E-state index contributed by atoms with van der Waals surface area (Å²) in [5.41, 5.74) is 12.4. The van der Waals surface area contributed by atoms with E-state index in [-0.39, 0.29) is 0 Å². The molecule has 56 heavy (non-hydrogen) atoms. The Morgan fingerprint density at radius 3 is 1.52 bits per heavy atom. The van der Waals surface area contributed by atoms with Crippen molar-refractivity contribution in [3.05, 3.63) is 188 Å². The quantitative estimate of drug-likeness (QED) is 0.171. The third kappa shape index (κ3) is 5.37. The van der Waals surface area contributed by atoms with Gasteiger partial charge in [0.05, 0.1) is 0 Å². The van der Waals surface area contributed by atoms with Gasteiger partial charge in [0.25, 0.3) is 0 Å². The molecule has 0 saturated heterocycles. The van der Waals surface area contributed by atoms with Crippen molar-refractivity contribution in [3.8, 4) is 67.5 Å². The lowest BCUT2D eigenvalue weighted by molar-refractivity contribution is 0.665. The van der Waals surface area contributed by atoms with E-state index < -0.39 is 0 Å². The minimum absolute atomic E-state index is 0.573. The Labute approximate surface area is 322 Å². The molecule has 0 N–H and O–H groups in total. The van der Waals surface area contributed by atoms with Crippen LogP contribution in [0.2, 0.25) is 0 Å². The van der Waals surface area contributed by atoms with E-state index in [0.717, 1.165) is 93.9 Å². The van der Waals surface area contributed by atoms with Crippen LogP contribution in [0.1, 0.15) is 0 Å². The Kier molecular flexibility index (Phi) is 7.42. The van der Waals surface area contributed by atoms with Crippen molar-refractivity contribution in [2.45, 2.75) is 0 Å². The van der Waals surface area contributed by atoms with E-state index in [1.165, 1.54) is 0 Å². The van der Waals surface area contributed by atoms with Crippen LogP contribution >= 0.6 is 0 Å². The SMILES string of the molecule is c1ccc(-c2ccc(-c3nc(-c4ccccc4)nc(-c4ccc5c(c4)oc4c(-c6ccc(-c7ccccc7)c7c6oc6ccccc67)cccc45)n3)cc2)cc1. The van der Waals surface area contributed by atoms with Gasteiger partial charge in [-0.3, -0.25) is 0 Å². The molecule has 0 atom stereocenters. The summed E-state index contributed by atoms with van der Waals surface area (Å²) in [6.45, 7) is 0. The number of nitrogens with zero attached hydrogens (tertiary/aromatic N) is 3. The molecule has 0 aliphatic heterocycles. The molecule has 11 aromatic rings. The Hall–Kier alpha value is -7.63. The molecule has 3 aromatic heterocycles. The minimum Gasteiger partial charge on any atom is -0.455 e. The number of furan rings is 2. The van der Waals surface area contributed by atoms with Crippen molar-refractivity contribution < 1.29 is 8.83 Å². The van der Waals surface area contributed by atoms with Gasteiger partial charge in [-0.2, -0.15) is 0 Å². The highest BCUT2D eigenvalue weighted by atomic mass is 16.3. The molecule has 0 aliphatic carbocycles. The molecule has 262 valence electrons. The Bertz CT molecular complexity index is 3220. The van der Waals surface area contributed by atoms with Gasteiger partial charge in [0.1, 0.15) is 22.3 Å². The zero-order valence-electron chi connectivity index (χ0n) is 30.1. The fourth-order valence-corrected chi connectivity index (χ4v) is 7.84. The summed E-state index contributed by atoms with van der Waals surface area (Å²) >= 11 is 0. The molecule has 0 saturated carbocycles. The van der Waals surface area contributed by atoms with Crippen LogP contribution in [0, 0.1) is 0 Å². The van der Waals surface area contributed by atoms with Gasteiger partial charge in [0.2, 0.25) is 0 Å².